The van der Waals surface area contributed by atoms with E-state index < -0.39 is 0 Å². The minimum absolute atomic E-state index is 0.651. The first-order chi connectivity index (χ1) is 12.4. The standard InChI is InChI=1S/C22H34N2O/c1-2-15-24-20(7-1)10-13-22(24)19-8-11-21(12-9-19)25-16-4-6-18-5-3-14-23-17-18/h8-9,11-12,18,20,22-23H,1-7,10,13-17H2/t18?,20-,22-/m0/s1. The smallest absolute Gasteiger partial charge is 0.119 e. The normalized spacial score (nSPS) is 30.2. The molecule has 3 atom stereocenters. The Morgan fingerprint density at radius 3 is 2.76 bits per heavy atom. The van der Waals surface area contributed by atoms with Crippen molar-refractivity contribution in [2.24, 2.45) is 5.92 Å². The van der Waals surface area contributed by atoms with Crippen LogP contribution in [0.25, 0.3) is 0 Å². The molecule has 1 unspecified atom stereocenters. The van der Waals surface area contributed by atoms with Gasteiger partial charge in [0.05, 0.1) is 6.61 Å². The second-order valence-corrected chi connectivity index (χ2v) is 8.25. The molecule has 1 N–H and O–H groups in total. The molecule has 0 aliphatic carbocycles. The second-order valence-electron chi connectivity index (χ2n) is 8.25. The second kappa shape index (κ2) is 8.55. The maximum Gasteiger partial charge on any atom is 0.119 e. The molecule has 3 aliphatic rings. The summed E-state index contributed by atoms with van der Waals surface area (Å²) in [5.41, 5.74) is 1.49. The van der Waals surface area contributed by atoms with Crippen molar-refractivity contribution in [3.63, 3.8) is 0 Å². The number of piperidine rings is 2. The van der Waals surface area contributed by atoms with Crippen LogP contribution in [0.5, 0.6) is 5.75 Å². The summed E-state index contributed by atoms with van der Waals surface area (Å²) in [6.45, 7) is 4.56. The third kappa shape index (κ3) is 4.38. The summed E-state index contributed by atoms with van der Waals surface area (Å²) in [7, 11) is 0. The van der Waals surface area contributed by atoms with Gasteiger partial charge in [0.15, 0.2) is 0 Å². The molecule has 3 heterocycles. The van der Waals surface area contributed by atoms with Crippen LogP contribution in [0.15, 0.2) is 24.3 Å². The largest absolute Gasteiger partial charge is 0.494 e. The quantitative estimate of drug-likeness (QED) is 0.769. The Balaban J connectivity index is 1.23. The fourth-order valence-electron chi connectivity index (χ4n) is 5.14. The van der Waals surface area contributed by atoms with E-state index in [9.17, 15) is 0 Å². The van der Waals surface area contributed by atoms with E-state index in [1.165, 1.54) is 83.0 Å². The fourth-order valence-corrected chi connectivity index (χ4v) is 5.14. The van der Waals surface area contributed by atoms with Crippen molar-refractivity contribution in [3.05, 3.63) is 29.8 Å². The predicted octanol–water partition coefficient (Wildman–Crippen LogP) is 4.53. The van der Waals surface area contributed by atoms with Crippen molar-refractivity contribution in [2.75, 3.05) is 26.2 Å². The minimum atomic E-state index is 0.651. The van der Waals surface area contributed by atoms with E-state index >= 15 is 0 Å². The predicted molar refractivity (Wildman–Crippen MR) is 103 cm³/mol. The Morgan fingerprint density at radius 1 is 1.00 bits per heavy atom. The van der Waals surface area contributed by atoms with Gasteiger partial charge in [0.25, 0.3) is 0 Å². The molecule has 0 bridgehead atoms. The lowest BCUT2D eigenvalue weighted by atomic mass is 9.95. The van der Waals surface area contributed by atoms with Gasteiger partial charge in [-0.15, -0.1) is 0 Å². The zero-order valence-electron chi connectivity index (χ0n) is 15.6. The molecule has 3 fully saturated rings. The zero-order chi connectivity index (χ0) is 16.9. The Kier molecular flexibility index (Phi) is 5.94. The third-order valence-electron chi connectivity index (χ3n) is 6.54. The number of fused-ring (bicyclic) bond motifs is 1. The summed E-state index contributed by atoms with van der Waals surface area (Å²) in [6.07, 6.45) is 12.1. The zero-order valence-corrected chi connectivity index (χ0v) is 15.6. The van der Waals surface area contributed by atoms with Crippen molar-refractivity contribution in [3.8, 4) is 5.75 Å². The highest BCUT2D eigenvalue weighted by Gasteiger charge is 2.35. The van der Waals surface area contributed by atoms with Gasteiger partial charge in [0.1, 0.15) is 5.75 Å². The number of benzene rings is 1. The average molecular weight is 343 g/mol. The third-order valence-corrected chi connectivity index (χ3v) is 6.54. The summed E-state index contributed by atoms with van der Waals surface area (Å²) < 4.78 is 5.99. The molecule has 3 heteroatoms. The van der Waals surface area contributed by atoms with E-state index in [1.807, 2.05) is 0 Å². The SMILES string of the molecule is c1cc([C@@H]2CC[C@@H]3CCCCN32)ccc1OCCCC1CCCNC1. The molecule has 1 aromatic carbocycles. The number of ether oxygens (including phenoxy) is 1. The summed E-state index contributed by atoms with van der Waals surface area (Å²) in [4.78, 5) is 2.76. The van der Waals surface area contributed by atoms with E-state index in [4.69, 9.17) is 4.74 Å². The summed E-state index contributed by atoms with van der Waals surface area (Å²) in [5.74, 6) is 1.90. The first-order valence-corrected chi connectivity index (χ1v) is 10.6. The Morgan fingerprint density at radius 2 is 1.92 bits per heavy atom. The molecule has 0 aromatic heterocycles. The Bertz CT molecular complexity index is 523. The number of nitrogens with zero attached hydrogens (tertiary/aromatic N) is 1. The van der Waals surface area contributed by atoms with Crippen LogP contribution in [-0.4, -0.2) is 37.2 Å². The molecule has 4 rings (SSSR count). The van der Waals surface area contributed by atoms with E-state index in [0.29, 0.717) is 6.04 Å². The summed E-state index contributed by atoms with van der Waals surface area (Å²) in [5, 5.41) is 3.50. The van der Waals surface area contributed by atoms with Crippen molar-refractivity contribution in [1.82, 2.24) is 10.2 Å². The number of nitrogens with one attached hydrogen (secondary N) is 1. The van der Waals surface area contributed by atoms with Crippen molar-refractivity contribution in [1.29, 1.82) is 0 Å². The lowest BCUT2D eigenvalue weighted by Gasteiger charge is -2.34. The van der Waals surface area contributed by atoms with E-state index in [0.717, 1.165) is 24.3 Å². The monoisotopic (exact) mass is 342 g/mol. The van der Waals surface area contributed by atoms with Crippen molar-refractivity contribution < 1.29 is 4.74 Å². The molecule has 0 saturated carbocycles. The molecular weight excluding hydrogens is 308 g/mol. The van der Waals surface area contributed by atoms with E-state index in [-0.39, 0.29) is 0 Å². The van der Waals surface area contributed by atoms with E-state index in [1.54, 1.807) is 0 Å². The van der Waals surface area contributed by atoms with Crippen LogP contribution < -0.4 is 10.1 Å². The Hall–Kier alpha value is -1.06. The highest BCUT2D eigenvalue weighted by Crippen LogP contribution is 2.40. The van der Waals surface area contributed by atoms with Gasteiger partial charge < -0.3 is 10.1 Å². The highest BCUT2D eigenvalue weighted by atomic mass is 16.5. The van der Waals surface area contributed by atoms with Gasteiger partial charge in [-0.1, -0.05) is 18.6 Å². The first-order valence-electron chi connectivity index (χ1n) is 10.6. The van der Waals surface area contributed by atoms with Crippen molar-refractivity contribution in [2.45, 2.75) is 69.9 Å². The number of rotatable bonds is 6. The molecule has 3 nitrogen and oxygen atoms in total. The minimum Gasteiger partial charge on any atom is -0.494 e. The van der Waals surface area contributed by atoms with Crippen LogP contribution in [0.2, 0.25) is 0 Å². The first kappa shape index (κ1) is 17.4. The van der Waals surface area contributed by atoms with Gasteiger partial charge in [-0.3, -0.25) is 4.90 Å². The lowest BCUT2D eigenvalue weighted by Crippen LogP contribution is -2.35. The van der Waals surface area contributed by atoms with Gasteiger partial charge in [0, 0.05) is 12.1 Å². The van der Waals surface area contributed by atoms with Crippen LogP contribution in [0.4, 0.5) is 0 Å². The molecule has 0 radical (unpaired) electrons. The number of hydrogen-bond donors (Lipinski definition) is 1. The molecule has 0 amide bonds. The average Bonchev–Trinajstić information content (AvgIpc) is 3.11. The van der Waals surface area contributed by atoms with Crippen LogP contribution in [0.3, 0.4) is 0 Å². The summed E-state index contributed by atoms with van der Waals surface area (Å²) in [6, 6.07) is 10.5. The molecule has 25 heavy (non-hydrogen) atoms. The highest BCUT2D eigenvalue weighted by molar-refractivity contribution is 5.30. The van der Waals surface area contributed by atoms with Crippen LogP contribution >= 0.6 is 0 Å². The molecule has 3 saturated heterocycles. The van der Waals surface area contributed by atoms with Crippen LogP contribution in [0.1, 0.15) is 69.4 Å². The van der Waals surface area contributed by atoms with E-state index in [2.05, 4.69) is 34.5 Å². The maximum absolute atomic E-state index is 5.99. The van der Waals surface area contributed by atoms with Crippen molar-refractivity contribution >= 4 is 0 Å². The molecule has 0 spiro atoms. The number of hydrogen-bond acceptors (Lipinski definition) is 3. The van der Waals surface area contributed by atoms with Gasteiger partial charge in [0.2, 0.25) is 0 Å². The van der Waals surface area contributed by atoms with Gasteiger partial charge in [-0.25, -0.2) is 0 Å². The maximum atomic E-state index is 5.99. The van der Waals surface area contributed by atoms with Crippen LogP contribution in [0, 0.1) is 5.92 Å². The van der Waals surface area contributed by atoms with Gasteiger partial charge in [-0.2, -0.15) is 0 Å². The topological polar surface area (TPSA) is 24.5 Å². The van der Waals surface area contributed by atoms with Gasteiger partial charge in [-0.05, 0) is 94.6 Å². The molecular formula is C22H34N2O. The molecule has 3 aliphatic heterocycles. The molecule has 138 valence electrons. The fraction of sp³-hybridized carbons (Fsp3) is 0.727. The van der Waals surface area contributed by atoms with Gasteiger partial charge >= 0.3 is 0 Å². The summed E-state index contributed by atoms with van der Waals surface area (Å²) >= 11 is 0. The lowest BCUT2D eigenvalue weighted by molar-refractivity contribution is 0.150. The van der Waals surface area contributed by atoms with Crippen LogP contribution in [-0.2, 0) is 0 Å². The molecule has 1 aromatic rings. The Labute approximate surface area is 153 Å².